The summed E-state index contributed by atoms with van der Waals surface area (Å²) in [5, 5.41) is 13.6. The minimum atomic E-state index is -0.395. The maximum absolute atomic E-state index is 15.7. The zero-order valence-electron chi connectivity index (χ0n) is 28.0. The average Bonchev–Trinajstić information content (AvgIpc) is 3.54. The molecule has 1 atom stereocenters. The lowest BCUT2D eigenvalue weighted by Crippen LogP contribution is -2.44. The highest BCUT2D eigenvalue weighted by Gasteiger charge is 2.23. The monoisotopic (exact) mass is 719 g/mol. The maximum atomic E-state index is 15.7. The van der Waals surface area contributed by atoms with Gasteiger partial charge < -0.3 is 30.9 Å². The fourth-order valence-corrected chi connectivity index (χ4v) is 7.00. The normalized spacial score (nSPS) is 16.4. The number of hydrogen-bond acceptors (Lipinski definition) is 8. The molecule has 13 heteroatoms. The number of benzene rings is 2. The van der Waals surface area contributed by atoms with Crippen LogP contribution in [0, 0.1) is 5.82 Å². The Balaban J connectivity index is 1.16. The molecule has 4 N–H and O–H groups in total. The molecule has 2 aliphatic rings. The average molecular weight is 721 g/mol. The first-order chi connectivity index (χ1) is 24.2. The van der Waals surface area contributed by atoms with E-state index in [0.717, 1.165) is 24.8 Å². The number of likely N-dealkylation sites (tertiary alicyclic amines) is 1. The van der Waals surface area contributed by atoms with Gasteiger partial charge in [0.25, 0.3) is 0 Å². The van der Waals surface area contributed by atoms with E-state index in [1.54, 1.807) is 44.5 Å². The number of carbonyl (C=O) groups excluding carboxylic acids is 2. The largest absolute Gasteiger partial charge is 0.481 e. The van der Waals surface area contributed by atoms with E-state index >= 15 is 4.39 Å². The summed E-state index contributed by atoms with van der Waals surface area (Å²) in [7, 11) is 1.58. The Bertz CT molecular complexity index is 1870. The van der Waals surface area contributed by atoms with E-state index < -0.39 is 5.82 Å². The topological polar surface area (TPSA) is 121 Å². The molecule has 6 rings (SSSR count). The van der Waals surface area contributed by atoms with Crippen molar-refractivity contribution in [3.05, 3.63) is 87.8 Å². The summed E-state index contributed by atoms with van der Waals surface area (Å²) in [5.74, 6) is 0.537. The van der Waals surface area contributed by atoms with E-state index in [-0.39, 0.29) is 34.6 Å². The van der Waals surface area contributed by atoms with E-state index in [0.29, 0.717) is 83.8 Å². The Hall–Kier alpha value is -4.29. The van der Waals surface area contributed by atoms with Crippen LogP contribution in [-0.4, -0.2) is 65.5 Å². The molecule has 0 bridgehead atoms. The number of hydrogen-bond donors (Lipinski definition) is 4. The molecular formula is C37H40Cl2FN7O3. The van der Waals surface area contributed by atoms with Gasteiger partial charge in [0.2, 0.25) is 17.7 Å². The molecule has 4 aromatic rings. The van der Waals surface area contributed by atoms with Gasteiger partial charge in [0.1, 0.15) is 5.82 Å². The number of methoxy groups -OCH3 is 1. The number of rotatable bonds is 12. The molecule has 2 aromatic heterocycles. The summed E-state index contributed by atoms with van der Waals surface area (Å²) in [5.41, 5.74) is 4.25. The molecule has 50 heavy (non-hydrogen) atoms. The van der Waals surface area contributed by atoms with Crippen LogP contribution in [0.2, 0.25) is 10.0 Å². The predicted octanol–water partition coefficient (Wildman–Crippen LogP) is 6.48. The van der Waals surface area contributed by atoms with Gasteiger partial charge in [0.15, 0.2) is 5.82 Å². The Morgan fingerprint density at radius 1 is 0.980 bits per heavy atom. The van der Waals surface area contributed by atoms with Crippen molar-refractivity contribution in [3.63, 3.8) is 0 Å². The fraction of sp³-hybridized carbons (Fsp3) is 0.351. The van der Waals surface area contributed by atoms with Gasteiger partial charge in [-0.25, -0.2) is 14.4 Å². The van der Waals surface area contributed by atoms with Gasteiger partial charge in [0.05, 0.1) is 28.5 Å². The summed E-state index contributed by atoms with van der Waals surface area (Å²) in [6, 6.07) is 16.7. The second kappa shape index (κ2) is 16.2. The van der Waals surface area contributed by atoms with Crippen molar-refractivity contribution in [2.75, 3.05) is 32.1 Å². The lowest BCUT2D eigenvalue weighted by atomic mass is 10.0. The summed E-state index contributed by atoms with van der Waals surface area (Å²) in [6.07, 6.45) is 4.63. The highest BCUT2D eigenvalue weighted by molar-refractivity contribution is 6.39. The second-order valence-corrected chi connectivity index (χ2v) is 13.3. The molecule has 2 aromatic carbocycles. The lowest BCUT2D eigenvalue weighted by Gasteiger charge is -2.31. The number of ether oxygens (including phenoxy) is 1. The van der Waals surface area contributed by atoms with Crippen molar-refractivity contribution in [1.29, 1.82) is 0 Å². The third kappa shape index (κ3) is 8.18. The Kier molecular flexibility index (Phi) is 11.5. The molecule has 4 heterocycles. The Morgan fingerprint density at radius 3 is 2.48 bits per heavy atom. The van der Waals surface area contributed by atoms with E-state index in [2.05, 4.69) is 26.3 Å². The zero-order chi connectivity index (χ0) is 35.2. The van der Waals surface area contributed by atoms with Gasteiger partial charge in [-0.3, -0.25) is 9.59 Å². The van der Waals surface area contributed by atoms with Crippen LogP contribution in [0.3, 0.4) is 0 Å². The van der Waals surface area contributed by atoms with Gasteiger partial charge in [-0.2, -0.15) is 0 Å². The molecule has 2 aliphatic heterocycles. The van der Waals surface area contributed by atoms with Crippen LogP contribution in [-0.2, 0) is 22.7 Å². The van der Waals surface area contributed by atoms with Crippen molar-refractivity contribution in [2.24, 2.45) is 0 Å². The minimum Gasteiger partial charge on any atom is -0.481 e. The molecule has 2 amide bonds. The SMILES string of the molecule is COc1nc(-c2cccc(-c3ccnc(Nc4cccc(CNC5CCN(C(C)=O)CC5)c4F)c3Cl)c2Cl)ccc1CNC[C@H]1CCC(=O)N1. The number of anilines is 2. The molecule has 2 fully saturated rings. The Morgan fingerprint density at radius 2 is 1.74 bits per heavy atom. The highest BCUT2D eigenvalue weighted by Crippen LogP contribution is 2.41. The van der Waals surface area contributed by atoms with Crippen LogP contribution in [0.5, 0.6) is 5.88 Å². The minimum absolute atomic E-state index is 0.0839. The maximum Gasteiger partial charge on any atom is 0.220 e. The zero-order valence-corrected chi connectivity index (χ0v) is 29.5. The van der Waals surface area contributed by atoms with Crippen LogP contribution in [0.25, 0.3) is 22.4 Å². The van der Waals surface area contributed by atoms with E-state index in [1.807, 2.05) is 35.2 Å². The standard InChI is InChI=1S/C37H40Cl2FN7O3/c1-22(48)47-17-14-25(15-18-47)43-20-23-5-3-8-31(35(23)40)45-36-34(39)28(13-16-42-36)27-6-4-7-29(33(27)38)30-11-9-24(37(46-30)50-2)19-41-21-26-10-12-32(49)44-26/h3-9,11,13,16,25-26,41,43H,10,12,14-15,17-21H2,1-2H3,(H,42,45)(H,44,49)/t26-/m1/s1. The Labute approximate surface area is 301 Å². The smallest absolute Gasteiger partial charge is 0.220 e. The van der Waals surface area contributed by atoms with Crippen LogP contribution in [0.1, 0.15) is 43.7 Å². The summed E-state index contributed by atoms with van der Waals surface area (Å²) >= 11 is 13.9. The van der Waals surface area contributed by atoms with Gasteiger partial charge >= 0.3 is 0 Å². The third-order valence-electron chi connectivity index (χ3n) is 9.23. The number of halogens is 3. The second-order valence-electron chi connectivity index (χ2n) is 12.6. The molecule has 0 spiro atoms. The van der Waals surface area contributed by atoms with E-state index in [4.69, 9.17) is 32.9 Å². The number of nitrogens with one attached hydrogen (secondary N) is 4. The third-order valence-corrected chi connectivity index (χ3v) is 10.0. The summed E-state index contributed by atoms with van der Waals surface area (Å²) in [4.78, 5) is 34.1. The number of aromatic nitrogens is 2. The first kappa shape index (κ1) is 35.5. The number of amides is 2. The quantitative estimate of drug-likeness (QED) is 0.131. The molecule has 10 nitrogen and oxygen atoms in total. The van der Waals surface area contributed by atoms with Gasteiger partial charge in [-0.05, 0) is 37.5 Å². The molecule has 0 unspecified atom stereocenters. The molecule has 0 aliphatic carbocycles. The van der Waals surface area contributed by atoms with E-state index in [9.17, 15) is 9.59 Å². The van der Waals surface area contributed by atoms with Gasteiger partial charge in [-0.1, -0.05) is 59.6 Å². The van der Waals surface area contributed by atoms with Gasteiger partial charge in [-0.15, -0.1) is 0 Å². The number of piperidine rings is 1. The predicted molar refractivity (Wildman–Crippen MR) is 194 cm³/mol. The van der Waals surface area contributed by atoms with Crippen molar-refractivity contribution < 1.29 is 18.7 Å². The first-order valence-corrected chi connectivity index (χ1v) is 17.5. The number of carbonyl (C=O) groups is 2. The number of pyridine rings is 2. The van der Waals surface area contributed by atoms with Crippen LogP contribution in [0.4, 0.5) is 15.9 Å². The molecule has 2 saturated heterocycles. The molecular weight excluding hydrogens is 680 g/mol. The van der Waals surface area contributed by atoms with Crippen molar-refractivity contribution >= 4 is 46.5 Å². The van der Waals surface area contributed by atoms with E-state index in [1.165, 1.54) is 0 Å². The highest BCUT2D eigenvalue weighted by atomic mass is 35.5. The van der Waals surface area contributed by atoms with Crippen molar-refractivity contribution in [1.82, 2.24) is 30.8 Å². The molecule has 0 radical (unpaired) electrons. The van der Waals surface area contributed by atoms with Crippen LogP contribution >= 0.6 is 23.2 Å². The van der Waals surface area contributed by atoms with Crippen molar-refractivity contribution in [3.8, 4) is 28.3 Å². The van der Waals surface area contributed by atoms with Crippen molar-refractivity contribution in [2.45, 2.75) is 57.8 Å². The lowest BCUT2D eigenvalue weighted by molar-refractivity contribution is -0.130. The molecule has 0 saturated carbocycles. The molecule has 262 valence electrons. The van der Waals surface area contributed by atoms with Crippen LogP contribution in [0.15, 0.2) is 60.8 Å². The van der Waals surface area contributed by atoms with Gasteiger partial charge in [0, 0.05) is 92.2 Å². The van der Waals surface area contributed by atoms with Crippen LogP contribution < -0.4 is 26.0 Å². The fourth-order valence-electron chi connectivity index (χ4n) is 6.41. The summed E-state index contributed by atoms with van der Waals surface area (Å²) in [6.45, 7) is 4.52. The first-order valence-electron chi connectivity index (χ1n) is 16.7. The summed E-state index contributed by atoms with van der Waals surface area (Å²) < 4.78 is 21.3. The number of nitrogens with zero attached hydrogens (tertiary/aromatic N) is 3.